The van der Waals surface area contributed by atoms with Gasteiger partial charge in [0.2, 0.25) is 5.91 Å². The lowest BCUT2D eigenvalue weighted by Gasteiger charge is -2.13. The summed E-state index contributed by atoms with van der Waals surface area (Å²) >= 11 is 3.96. The zero-order valence-electron chi connectivity index (χ0n) is 11.8. The quantitative estimate of drug-likeness (QED) is 0.713. The first-order valence-electron chi connectivity index (χ1n) is 6.72. The molecule has 110 valence electrons. The maximum atomic E-state index is 11.5. The van der Waals surface area contributed by atoms with Crippen LogP contribution in [0.2, 0.25) is 0 Å². The summed E-state index contributed by atoms with van der Waals surface area (Å²) in [6, 6.07) is 15.2. The van der Waals surface area contributed by atoms with Crippen molar-refractivity contribution in [3.63, 3.8) is 0 Å². The Hall–Kier alpha value is -2.14. The van der Waals surface area contributed by atoms with E-state index in [9.17, 15) is 4.79 Å². The van der Waals surface area contributed by atoms with E-state index in [1.165, 1.54) is 0 Å². The van der Waals surface area contributed by atoms with Gasteiger partial charge in [0, 0.05) is 5.69 Å². The maximum absolute atomic E-state index is 11.5. The Morgan fingerprint density at radius 2 is 1.76 bits per heavy atom. The van der Waals surface area contributed by atoms with E-state index in [1.807, 2.05) is 55.5 Å². The summed E-state index contributed by atoms with van der Waals surface area (Å²) in [5.74, 6) is 0.844. The third kappa shape index (κ3) is 4.43. The van der Waals surface area contributed by atoms with Gasteiger partial charge < -0.3 is 15.4 Å². The largest absolute Gasteiger partial charge is 0.494 e. The van der Waals surface area contributed by atoms with Crippen LogP contribution in [0.15, 0.2) is 48.5 Å². The lowest BCUT2D eigenvalue weighted by Crippen LogP contribution is -2.13. The van der Waals surface area contributed by atoms with Gasteiger partial charge in [-0.3, -0.25) is 4.79 Å². The molecule has 0 radical (unpaired) electrons. The number of hydrogen-bond donors (Lipinski definition) is 3. The van der Waals surface area contributed by atoms with Crippen LogP contribution in [-0.2, 0) is 4.79 Å². The smallest absolute Gasteiger partial charge is 0.234 e. The molecule has 0 fully saturated rings. The van der Waals surface area contributed by atoms with Crippen molar-refractivity contribution in [3.05, 3.63) is 48.5 Å². The van der Waals surface area contributed by atoms with Crippen LogP contribution in [0.5, 0.6) is 5.75 Å². The Balaban J connectivity index is 2.13. The summed E-state index contributed by atoms with van der Waals surface area (Å²) in [5, 5.41) is 6.09. The molecular weight excluding hydrogens is 284 g/mol. The number of hydrogen-bond acceptors (Lipinski definition) is 4. The van der Waals surface area contributed by atoms with E-state index < -0.39 is 0 Å². The fourth-order valence-electron chi connectivity index (χ4n) is 1.85. The first kappa shape index (κ1) is 15.3. The van der Waals surface area contributed by atoms with Gasteiger partial charge in [-0.1, -0.05) is 12.1 Å². The van der Waals surface area contributed by atoms with Crippen LogP contribution < -0.4 is 15.4 Å². The van der Waals surface area contributed by atoms with Crippen LogP contribution in [0.3, 0.4) is 0 Å². The second-order valence-corrected chi connectivity index (χ2v) is 4.65. The third-order valence-electron chi connectivity index (χ3n) is 2.79. The third-order valence-corrected chi connectivity index (χ3v) is 3.08. The van der Waals surface area contributed by atoms with Crippen molar-refractivity contribution in [2.45, 2.75) is 6.92 Å². The zero-order chi connectivity index (χ0) is 15.1. The molecule has 0 bridgehead atoms. The maximum Gasteiger partial charge on any atom is 0.234 e. The molecule has 0 aliphatic heterocycles. The molecule has 0 spiro atoms. The second kappa shape index (κ2) is 7.59. The van der Waals surface area contributed by atoms with Crippen molar-refractivity contribution >= 4 is 35.6 Å². The van der Waals surface area contributed by atoms with E-state index in [0.717, 1.165) is 22.8 Å². The van der Waals surface area contributed by atoms with Gasteiger partial charge in [0.15, 0.2) is 0 Å². The van der Waals surface area contributed by atoms with E-state index in [4.69, 9.17) is 4.74 Å². The number of carbonyl (C=O) groups is 1. The van der Waals surface area contributed by atoms with Gasteiger partial charge in [-0.2, -0.15) is 12.6 Å². The van der Waals surface area contributed by atoms with Crippen molar-refractivity contribution in [3.8, 4) is 5.75 Å². The number of rotatable bonds is 6. The number of thiol groups is 1. The molecule has 21 heavy (non-hydrogen) atoms. The van der Waals surface area contributed by atoms with E-state index in [0.29, 0.717) is 6.61 Å². The normalized spacial score (nSPS) is 10.0. The van der Waals surface area contributed by atoms with Crippen LogP contribution in [-0.4, -0.2) is 18.3 Å². The highest BCUT2D eigenvalue weighted by Crippen LogP contribution is 2.26. The summed E-state index contributed by atoms with van der Waals surface area (Å²) in [4.78, 5) is 11.5. The van der Waals surface area contributed by atoms with Gasteiger partial charge in [0.05, 0.1) is 23.7 Å². The molecule has 0 unspecified atom stereocenters. The Kier molecular flexibility index (Phi) is 5.51. The highest BCUT2D eigenvalue weighted by Gasteiger charge is 2.05. The Labute approximate surface area is 129 Å². The first-order chi connectivity index (χ1) is 10.2. The molecular formula is C16H18N2O2S. The van der Waals surface area contributed by atoms with Gasteiger partial charge in [-0.25, -0.2) is 0 Å². The van der Waals surface area contributed by atoms with E-state index >= 15 is 0 Å². The molecule has 0 saturated heterocycles. The summed E-state index contributed by atoms with van der Waals surface area (Å²) in [6.07, 6.45) is 0. The Morgan fingerprint density at radius 1 is 1.10 bits per heavy atom. The van der Waals surface area contributed by atoms with Crippen LogP contribution in [0.4, 0.5) is 17.1 Å². The minimum absolute atomic E-state index is 0.140. The number of carbonyl (C=O) groups excluding carboxylic acids is 1. The predicted molar refractivity (Wildman–Crippen MR) is 89.8 cm³/mol. The molecule has 0 aliphatic carbocycles. The van der Waals surface area contributed by atoms with Gasteiger partial charge in [-0.05, 0) is 43.3 Å². The molecule has 0 atom stereocenters. The van der Waals surface area contributed by atoms with Gasteiger partial charge in [0.1, 0.15) is 5.75 Å². The molecule has 2 rings (SSSR count). The summed E-state index contributed by atoms with van der Waals surface area (Å²) in [6.45, 7) is 2.60. The van der Waals surface area contributed by atoms with Crippen LogP contribution in [0.25, 0.3) is 0 Å². The monoisotopic (exact) mass is 302 g/mol. The highest BCUT2D eigenvalue weighted by atomic mass is 32.1. The lowest BCUT2D eigenvalue weighted by atomic mass is 10.2. The number of amides is 1. The molecule has 2 aromatic carbocycles. The van der Waals surface area contributed by atoms with Gasteiger partial charge >= 0.3 is 0 Å². The van der Waals surface area contributed by atoms with Crippen molar-refractivity contribution < 1.29 is 9.53 Å². The van der Waals surface area contributed by atoms with E-state index in [-0.39, 0.29) is 11.7 Å². The zero-order valence-corrected chi connectivity index (χ0v) is 12.7. The predicted octanol–water partition coefficient (Wildman–Crippen LogP) is 3.70. The molecule has 4 nitrogen and oxygen atoms in total. The van der Waals surface area contributed by atoms with Crippen molar-refractivity contribution in [2.75, 3.05) is 23.0 Å². The number of nitrogens with one attached hydrogen (secondary N) is 2. The fourth-order valence-corrected chi connectivity index (χ4v) is 1.93. The van der Waals surface area contributed by atoms with Crippen molar-refractivity contribution in [1.29, 1.82) is 0 Å². The van der Waals surface area contributed by atoms with Gasteiger partial charge in [-0.15, -0.1) is 0 Å². The molecule has 2 aromatic rings. The standard InChI is InChI=1S/C16H18N2O2S/c1-2-20-13-9-7-12(8-10-13)17-14-5-3-4-6-15(14)18-16(19)11-21/h3-10,17,21H,2,11H2,1H3,(H,18,19). The van der Waals surface area contributed by atoms with Crippen LogP contribution >= 0.6 is 12.6 Å². The first-order valence-corrected chi connectivity index (χ1v) is 7.35. The minimum atomic E-state index is -0.140. The molecule has 0 aromatic heterocycles. The number of benzene rings is 2. The van der Waals surface area contributed by atoms with E-state index in [1.54, 1.807) is 0 Å². The molecule has 0 aliphatic rings. The minimum Gasteiger partial charge on any atom is -0.494 e. The highest BCUT2D eigenvalue weighted by molar-refractivity contribution is 7.81. The molecule has 1 amide bonds. The molecule has 2 N–H and O–H groups in total. The Bertz CT molecular complexity index is 599. The Morgan fingerprint density at radius 3 is 2.38 bits per heavy atom. The summed E-state index contributed by atoms with van der Waals surface area (Å²) < 4.78 is 5.41. The average Bonchev–Trinajstić information content (AvgIpc) is 2.51. The summed E-state index contributed by atoms with van der Waals surface area (Å²) in [5.41, 5.74) is 2.48. The molecule has 0 saturated carbocycles. The number of ether oxygens (including phenoxy) is 1. The fraction of sp³-hybridized carbons (Fsp3) is 0.188. The topological polar surface area (TPSA) is 50.4 Å². The van der Waals surface area contributed by atoms with Crippen LogP contribution in [0.1, 0.15) is 6.92 Å². The van der Waals surface area contributed by atoms with Crippen molar-refractivity contribution in [1.82, 2.24) is 0 Å². The second-order valence-electron chi connectivity index (χ2n) is 4.33. The molecule has 5 heteroatoms. The van der Waals surface area contributed by atoms with Crippen molar-refractivity contribution in [2.24, 2.45) is 0 Å². The lowest BCUT2D eigenvalue weighted by molar-refractivity contribution is -0.113. The number of anilines is 3. The average molecular weight is 302 g/mol. The van der Waals surface area contributed by atoms with Gasteiger partial charge in [0.25, 0.3) is 0 Å². The molecule has 0 heterocycles. The SMILES string of the molecule is CCOc1ccc(Nc2ccccc2NC(=O)CS)cc1. The van der Waals surface area contributed by atoms with E-state index in [2.05, 4.69) is 23.3 Å². The number of para-hydroxylation sites is 2. The summed E-state index contributed by atoms with van der Waals surface area (Å²) in [7, 11) is 0. The van der Waals surface area contributed by atoms with Crippen LogP contribution in [0, 0.1) is 0 Å².